The highest BCUT2D eigenvalue weighted by Crippen LogP contribution is 2.52. The number of ketones is 2. The van der Waals surface area contributed by atoms with Crippen LogP contribution in [-0.2, 0) is 34.9 Å². The third kappa shape index (κ3) is 4.14. The molecule has 2 aromatic carbocycles. The Bertz CT molecular complexity index is 1540. The van der Waals surface area contributed by atoms with Gasteiger partial charge in [0.15, 0.2) is 36.0 Å². The number of rotatable bonds is 4. The van der Waals surface area contributed by atoms with Gasteiger partial charge in [-0.3, -0.25) is 14.5 Å². The summed E-state index contributed by atoms with van der Waals surface area (Å²) in [6, 6.07) is 5.87. The summed E-state index contributed by atoms with van der Waals surface area (Å²) < 4.78 is 29.8. The number of morpholine rings is 1. The van der Waals surface area contributed by atoms with Gasteiger partial charge in [0.05, 0.1) is 29.9 Å². The minimum atomic E-state index is -2.41. The zero-order valence-electron chi connectivity index (χ0n) is 23.4. The Labute approximate surface area is 245 Å². The Hall–Kier alpha value is -3.43. The number of ether oxygens (including phenoxy) is 5. The third-order valence-electron chi connectivity index (χ3n) is 9.28. The molecule has 43 heavy (non-hydrogen) atoms. The molecule has 2 aliphatic carbocycles. The van der Waals surface area contributed by atoms with Crippen LogP contribution in [0.1, 0.15) is 68.8 Å². The molecule has 3 aliphatic heterocycles. The maximum Gasteiger partial charge on any atom is 0.336 e. The molecule has 3 saturated heterocycles. The first-order chi connectivity index (χ1) is 20.5. The number of aromatic hydroxyl groups is 2. The van der Waals surface area contributed by atoms with E-state index < -0.39 is 89.6 Å². The van der Waals surface area contributed by atoms with E-state index in [1.165, 1.54) is 19.2 Å². The van der Waals surface area contributed by atoms with Crippen molar-refractivity contribution in [3.8, 4) is 11.5 Å². The summed E-state index contributed by atoms with van der Waals surface area (Å²) in [5, 5.41) is 44.1. The first kappa shape index (κ1) is 28.3. The van der Waals surface area contributed by atoms with Gasteiger partial charge in [-0.05, 0) is 6.92 Å². The summed E-state index contributed by atoms with van der Waals surface area (Å²) in [6.45, 7) is 2.82. The molecule has 8 unspecified atom stereocenters. The molecule has 0 radical (unpaired) electrons. The van der Waals surface area contributed by atoms with E-state index in [1.54, 1.807) is 12.1 Å². The average molecular weight is 598 g/mol. The van der Waals surface area contributed by atoms with Crippen molar-refractivity contribution in [2.24, 2.45) is 0 Å². The molecule has 7 rings (SSSR count). The molecule has 2 aromatic rings. The Morgan fingerprint density at radius 1 is 1.07 bits per heavy atom. The zero-order valence-corrected chi connectivity index (χ0v) is 23.4. The van der Waals surface area contributed by atoms with Crippen molar-refractivity contribution in [3.63, 3.8) is 0 Å². The highest BCUT2D eigenvalue weighted by Gasteiger charge is 2.55. The molecule has 0 aromatic heterocycles. The number of hydrogen-bond acceptors (Lipinski definition) is 12. The monoisotopic (exact) mass is 597 g/mol. The van der Waals surface area contributed by atoms with E-state index in [-0.39, 0.29) is 34.4 Å². The minimum Gasteiger partial charge on any atom is -0.507 e. The molecule has 0 bridgehead atoms. The Balaban J connectivity index is 1.28. The number of carboxylic acid groups (broad SMARTS) is 1. The van der Waals surface area contributed by atoms with Crippen LogP contribution in [0.5, 0.6) is 11.5 Å². The van der Waals surface area contributed by atoms with Gasteiger partial charge in [-0.25, -0.2) is 4.79 Å². The topological polar surface area (TPSA) is 182 Å². The van der Waals surface area contributed by atoms with E-state index in [1.807, 2.05) is 6.92 Å². The van der Waals surface area contributed by atoms with Gasteiger partial charge in [0.25, 0.3) is 0 Å². The molecule has 228 valence electrons. The largest absolute Gasteiger partial charge is 0.507 e. The summed E-state index contributed by atoms with van der Waals surface area (Å²) in [7, 11) is 1.53. The maximum absolute atomic E-state index is 13.5. The van der Waals surface area contributed by atoms with Gasteiger partial charge in [-0.15, -0.1) is 0 Å². The average Bonchev–Trinajstić information content (AvgIpc) is 3.37. The lowest BCUT2D eigenvalue weighted by Crippen LogP contribution is -2.55. The fourth-order valence-corrected chi connectivity index (χ4v) is 7.26. The molecule has 5 aliphatic rings. The standard InChI is InChI=1S/C30H31NO12/c1-12-26-16(31-7-8-40-28(39-2)27(31)43-26)9-18(41-12)42-17-11-30(38,29(36)37)10-15-19(17)25(35)21-20(24(15)34)22(32)13-5-3-4-6-14(13)23(21)33/h3-6,12,16-18,26-28,34-35,38H,7-11H2,1-2H3,(H,36,37). The molecule has 0 spiro atoms. The van der Waals surface area contributed by atoms with Gasteiger partial charge in [0.2, 0.25) is 0 Å². The third-order valence-corrected chi connectivity index (χ3v) is 9.28. The molecular weight excluding hydrogens is 566 g/mol. The number of nitrogens with zero attached hydrogens (tertiary/aromatic N) is 1. The number of carboxylic acids is 1. The number of phenols is 2. The van der Waals surface area contributed by atoms with Crippen molar-refractivity contribution in [1.29, 1.82) is 0 Å². The smallest absolute Gasteiger partial charge is 0.336 e. The zero-order chi connectivity index (χ0) is 30.4. The number of benzene rings is 2. The number of fused-ring (bicyclic) bond motifs is 6. The number of aliphatic hydroxyl groups is 1. The van der Waals surface area contributed by atoms with E-state index in [4.69, 9.17) is 23.7 Å². The van der Waals surface area contributed by atoms with Crippen LogP contribution in [0.25, 0.3) is 0 Å². The van der Waals surface area contributed by atoms with E-state index in [9.17, 15) is 34.8 Å². The highest BCUT2D eigenvalue weighted by molar-refractivity contribution is 6.30. The lowest BCUT2D eigenvalue weighted by atomic mass is 9.73. The summed E-state index contributed by atoms with van der Waals surface area (Å²) in [4.78, 5) is 41.3. The summed E-state index contributed by atoms with van der Waals surface area (Å²) in [6.07, 6.45) is -4.92. The Kier molecular flexibility index (Phi) is 6.63. The van der Waals surface area contributed by atoms with Gasteiger partial charge < -0.3 is 44.1 Å². The second kappa shape index (κ2) is 10.1. The predicted molar refractivity (Wildman–Crippen MR) is 143 cm³/mol. The van der Waals surface area contributed by atoms with Gasteiger partial charge >= 0.3 is 5.97 Å². The van der Waals surface area contributed by atoms with Crippen LogP contribution in [-0.4, -0.2) is 106 Å². The van der Waals surface area contributed by atoms with Gasteiger partial charge in [-0.2, -0.15) is 0 Å². The quantitative estimate of drug-likeness (QED) is 0.316. The fourth-order valence-electron chi connectivity index (χ4n) is 7.26. The van der Waals surface area contributed by atoms with Crippen LogP contribution in [0, 0.1) is 0 Å². The second-order valence-electron chi connectivity index (χ2n) is 11.7. The Morgan fingerprint density at radius 3 is 2.40 bits per heavy atom. The molecule has 8 atom stereocenters. The minimum absolute atomic E-state index is 0.0433. The van der Waals surface area contributed by atoms with Crippen molar-refractivity contribution in [3.05, 3.63) is 57.6 Å². The van der Waals surface area contributed by atoms with E-state index >= 15 is 0 Å². The molecule has 13 nitrogen and oxygen atoms in total. The summed E-state index contributed by atoms with van der Waals surface area (Å²) in [5.74, 6) is -4.21. The van der Waals surface area contributed by atoms with Crippen molar-refractivity contribution in [2.45, 2.75) is 74.9 Å². The highest BCUT2D eigenvalue weighted by atomic mass is 16.7. The van der Waals surface area contributed by atoms with Crippen molar-refractivity contribution < 1.29 is 58.5 Å². The molecule has 13 heteroatoms. The van der Waals surface area contributed by atoms with Gasteiger partial charge in [0, 0.05) is 61.2 Å². The van der Waals surface area contributed by atoms with Crippen molar-refractivity contribution in [2.75, 3.05) is 20.3 Å². The van der Waals surface area contributed by atoms with E-state index in [2.05, 4.69) is 4.90 Å². The lowest BCUT2D eigenvalue weighted by molar-refractivity contribution is -0.256. The molecule has 0 saturated carbocycles. The fraction of sp³-hybridized carbons (Fsp3) is 0.500. The van der Waals surface area contributed by atoms with Crippen LogP contribution >= 0.6 is 0 Å². The number of aliphatic carboxylic acids is 1. The van der Waals surface area contributed by atoms with Crippen LogP contribution < -0.4 is 0 Å². The Morgan fingerprint density at radius 2 is 1.74 bits per heavy atom. The van der Waals surface area contributed by atoms with E-state index in [0.29, 0.717) is 19.6 Å². The number of carbonyl (C=O) groups is 3. The first-order valence-corrected chi connectivity index (χ1v) is 14.2. The van der Waals surface area contributed by atoms with Crippen LogP contribution in [0.4, 0.5) is 0 Å². The van der Waals surface area contributed by atoms with Crippen LogP contribution in [0.3, 0.4) is 0 Å². The molecule has 3 fully saturated rings. The maximum atomic E-state index is 13.5. The van der Waals surface area contributed by atoms with Crippen LogP contribution in [0.15, 0.2) is 24.3 Å². The van der Waals surface area contributed by atoms with Gasteiger partial charge in [0.1, 0.15) is 17.6 Å². The van der Waals surface area contributed by atoms with Crippen molar-refractivity contribution in [1.82, 2.24) is 4.90 Å². The molecule has 3 heterocycles. The lowest BCUT2D eigenvalue weighted by Gasteiger charge is -2.43. The summed E-state index contributed by atoms with van der Waals surface area (Å²) in [5.41, 5.74) is -3.37. The van der Waals surface area contributed by atoms with Crippen molar-refractivity contribution >= 4 is 17.5 Å². The van der Waals surface area contributed by atoms with E-state index in [0.717, 1.165) is 0 Å². The first-order valence-electron chi connectivity index (χ1n) is 14.2. The molecular formula is C30H31NO12. The number of phenolic OH excluding ortho intramolecular Hbond substituents is 2. The SMILES string of the molecule is COC1OCCN2C3CC(OC4CC(O)(C(=O)O)Cc5c(O)c6c(c(O)c54)C(=O)c4ccccc4C6=O)OC(C)C3OC12. The summed E-state index contributed by atoms with van der Waals surface area (Å²) >= 11 is 0. The predicted octanol–water partition coefficient (Wildman–Crippen LogP) is 1.23. The number of carbonyl (C=O) groups excluding carboxylic acids is 2. The second-order valence-corrected chi connectivity index (χ2v) is 11.7. The normalized spacial score (nSPS) is 35.0. The van der Waals surface area contributed by atoms with Gasteiger partial charge in [-0.1, -0.05) is 24.3 Å². The molecule has 0 amide bonds. The number of hydrogen-bond donors (Lipinski definition) is 4. The number of methoxy groups -OCH3 is 1. The van der Waals surface area contributed by atoms with Crippen LogP contribution in [0.2, 0.25) is 0 Å². The molecule has 4 N–H and O–H groups in total.